The SMILES string of the molecule is CCC1=C(C(=O)OCCCOc2ccc(CCO)cc2)C(c2cccc([N+](=O)[O-])c2)C(C(=O)OC)C(C)=N1. The van der Waals surface area contributed by atoms with E-state index in [1.165, 1.54) is 25.3 Å². The molecule has 202 valence electrons. The number of esters is 2. The number of aliphatic hydroxyl groups is 1. The molecule has 10 nitrogen and oxygen atoms in total. The zero-order valence-electron chi connectivity index (χ0n) is 21.7. The molecule has 1 N–H and O–H groups in total. The summed E-state index contributed by atoms with van der Waals surface area (Å²) in [5.74, 6) is -2.36. The van der Waals surface area contributed by atoms with Crippen LogP contribution >= 0.6 is 0 Å². The van der Waals surface area contributed by atoms with Gasteiger partial charge in [-0.2, -0.15) is 0 Å². The van der Waals surface area contributed by atoms with Crippen LogP contribution in [0.25, 0.3) is 0 Å². The van der Waals surface area contributed by atoms with Crippen molar-refractivity contribution in [1.82, 2.24) is 0 Å². The van der Waals surface area contributed by atoms with Crippen molar-refractivity contribution in [3.8, 4) is 5.75 Å². The van der Waals surface area contributed by atoms with Gasteiger partial charge in [-0.1, -0.05) is 31.2 Å². The number of nitrogens with zero attached hydrogens (tertiary/aromatic N) is 2. The van der Waals surface area contributed by atoms with Gasteiger partial charge >= 0.3 is 11.9 Å². The van der Waals surface area contributed by atoms with Crippen LogP contribution in [-0.4, -0.2) is 54.6 Å². The van der Waals surface area contributed by atoms with E-state index in [0.29, 0.717) is 48.6 Å². The Morgan fingerprint density at radius 1 is 1.13 bits per heavy atom. The van der Waals surface area contributed by atoms with Crippen LogP contribution in [0.5, 0.6) is 5.75 Å². The summed E-state index contributed by atoms with van der Waals surface area (Å²) < 4.78 is 16.3. The summed E-state index contributed by atoms with van der Waals surface area (Å²) in [7, 11) is 1.25. The van der Waals surface area contributed by atoms with Crippen molar-refractivity contribution in [2.75, 3.05) is 26.9 Å². The Morgan fingerprint density at radius 2 is 1.87 bits per heavy atom. The number of rotatable bonds is 12. The van der Waals surface area contributed by atoms with Gasteiger partial charge in [0.25, 0.3) is 5.69 Å². The highest BCUT2D eigenvalue weighted by atomic mass is 16.6. The number of carbonyl (C=O) groups is 2. The maximum absolute atomic E-state index is 13.4. The van der Waals surface area contributed by atoms with Gasteiger partial charge < -0.3 is 19.3 Å². The van der Waals surface area contributed by atoms with Crippen molar-refractivity contribution in [2.45, 2.75) is 39.0 Å². The Bertz CT molecular complexity index is 1220. The van der Waals surface area contributed by atoms with E-state index in [9.17, 15) is 19.7 Å². The number of allylic oxidation sites excluding steroid dienone is 1. The third kappa shape index (κ3) is 6.83. The largest absolute Gasteiger partial charge is 0.493 e. The number of non-ortho nitro benzene ring substituents is 1. The van der Waals surface area contributed by atoms with Crippen molar-refractivity contribution in [1.29, 1.82) is 0 Å². The van der Waals surface area contributed by atoms with Crippen LogP contribution in [0.3, 0.4) is 0 Å². The van der Waals surface area contributed by atoms with Gasteiger partial charge in [-0.05, 0) is 43.0 Å². The molecular weight excluding hydrogens is 492 g/mol. The molecule has 0 radical (unpaired) electrons. The molecule has 1 aliphatic rings. The van der Waals surface area contributed by atoms with Crippen LogP contribution in [-0.2, 0) is 25.5 Å². The van der Waals surface area contributed by atoms with Gasteiger partial charge in [0.2, 0.25) is 0 Å². The molecule has 1 aliphatic heterocycles. The number of aliphatic hydroxyl groups excluding tert-OH is 1. The Hall–Kier alpha value is -4.05. The molecule has 2 aromatic rings. The first-order valence-corrected chi connectivity index (χ1v) is 12.4. The highest BCUT2D eigenvalue weighted by Gasteiger charge is 2.43. The van der Waals surface area contributed by atoms with Crippen LogP contribution in [0.1, 0.15) is 43.7 Å². The maximum Gasteiger partial charge on any atom is 0.336 e. The molecule has 2 aromatic carbocycles. The van der Waals surface area contributed by atoms with Gasteiger partial charge in [-0.25, -0.2) is 4.79 Å². The summed E-state index contributed by atoms with van der Waals surface area (Å²) >= 11 is 0. The third-order valence-electron chi connectivity index (χ3n) is 6.28. The second-order valence-electron chi connectivity index (χ2n) is 8.75. The minimum absolute atomic E-state index is 0.0647. The minimum atomic E-state index is -0.933. The average Bonchev–Trinajstić information content (AvgIpc) is 2.92. The van der Waals surface area contributed by atoms with Crippen molar-refractivity contribution >= 4 is 23.3 Å². The van der Waals surface area contributed by atoms with Crippen molar-refractivity contribution in [3.63, 3.8) is 0 Å². The normalized spacial score (nSPS) is 17.0. The molecule has 0 bridgehead atoms. The lowest BCUT2D eigenvalue weighted by molar-refractivity contribution is -0.384. The second kappa shape index (κ2) is 13.5. The summed E-state index contributed by atoms with van der Waals surface area (Å²) in [6.07, 6.45) is 1.39. The number of carbonyl (C=O) groups excluding carboxylic acids is 2. The predicted molar refractivity (Wildman–Crippen MR) is 140 cm³/mol. The molecule has 3 rings (SSSR count). The summed E-state index contributed by atoms with van der Waals surface area (Å²) in [4.78, 5) is 41.6. The molecule has 10 heteroatoms. The summed E-state index contributed by atoms with van der Waals surface area (Å²) in [6, 6.07) is 13.3. The Morgan fingerprint density at radius 3 is 2.50 bits per heavy atom. The molecule has 0 saturated heterocycles. The fourth-order valence-electron chi connectivity index (χ4n) is 4.44. The first kappa shape index (κ1) is 28.5. The predicted octanol–water partition coefficient (Wildman–Crippen LogP) is 4.15. The molecule has 38 heavy (non-hydrogen) atoms. The molecule has 2 unspecified atom stereocenters. The molecular formula is C28H32N2O8. The zero-order valence-corrected chi connectivity index (χ0v) is 21.7. The Labute approximate surface area is 221 Å². The first-order valence-electron chi connectivity index (χ1n) is 12.4. The average molecular weight is 525 g/mol. The summed E-state index contributed by atoms with van der Waals surface area (Å²) in [6.45, 7) is 3.96. The number of methoxy groups -OCH3 is 1. The lowest BCUT2D eigenvalue weighted by Gasteiger charge is -2.31. The fourth-order valence-corrected chi connectivity index (χ4v) is 4.44. The molecule has 0 aromatic heterocycles. The van der Waals surface area contributed by atoms with Crippen molar-refractivity contribution < 1.29 is 33.8 Å². The number of ether oxygens (including phenoxy) is 3. The first-order chi connectivity index (χ1) is 18.3. The van der Waals surface area contributed by atoms with Crippen LogP contribution in [0.4, 0.5) is 5.69 Å². The van der Waals surface area contributed by atoms with E-state index in [-0.39, 0.29) is 24.5 Å². The molecule has 0 aliphatic carbocycles. The van der Waals surface area contributed by atoms with Gasteiger partial charge in [-0.15, -0.1) is 0 Å². The minimum Gasteiger partial charge on any atom is -0.493 e. The highest BCUT2D eigenvalue weighted by Crippen LogP contribution is 2.41. The second-order valence-corrected chi connectivity index (χ2v) is 8.75. The van der Waals surface area contributed by atoms with Crippen LogP contribution in [0, 0.1) is 16.0 Å². The van der Waals surface area contributed by atoms with Crippen LogP contribution < -0.4 is 4.74 Å². The van der Waals surface area contributed by atoms with Crippen molar-refractivity contribution in [2.24, 2.45) is 10.9 Å². The third-order valence-corrected chi connectivity index (χ3v) is 6.28. The van der Waals surface area contributed by atoms with E-state index in [4.69, 9.17) is 19.3 Å². The number of benzene rings is 2. The smallest absolute Gasteiger partial charge is 0.336 e. The molecule has 0 saturated carbocycles. The van der Waals surface area contributed by atoms with E-state index < -0.39 is 28.7 Å². The fraction of sp³-hybridized carbons (Fsp3) is 0.393. The van der Waals surface area contributed by atoms with E-state index in [2.05, 4.69) is 4.99 Å². The maximum atomic E-state index is 13.4. The number of nitro groups is 1. The number of aliphatic imine (C=N–C) groups is 1. The quantitative estimate of drug-likeness (QED) is 0.189. The molecule has 1 heterocycles. The molecule has 0 spiro atoms. The Balaban J connectivity index is 1.78. The van der Waals surface area contributed by atoms with E-state index in [1.807, 2.05) is 31.2 Å². The Kier molecular flexibility index (Phi) is 10.1. The lowest BCUT2D eigenvalue weighted by Crippen LogP contribution is -2.36. The van der Waals surface area contributed by atoms with Crippen LogP contribution in [0.15, 0.2) is 64.8 Å². The van der Waals surface area contributed by atoms with E-state index in [0.717, 1.165) is 5.56 Å². The van der Waals surface area contributed by atoms with Gasteiger partial charge in [0.05, 0.1) is 36.5 Å². The van der Waals surface area contributed by atoms with Gasteiger partial charge in [-0.3, -0.25) is 19.9 Å². The van der Waals surface area contributed by atoms with Gasteiger partial charge in [0.15, 0.2) is 0 Å². The number of nitro benzene ring substituents is 1. The molecule has 2 atom stereocenters. The van der Waals surface area contributed by atoms with Crippen LogP contribution in [0.2, 0.25) is 0 Å². The van der Waals surface area contributed by atoms with E-state index in [1.54, 1.807) is 13.0 Å². The van der Waals surface area contributed by atoms with E-state index >= 15 is 0 Å². The highest BCUT2D eigenvalue weighted by molar-refractivity contribution is 6.07. The topological polar surface area (TPSA) is 138 Å². The van der Waals surface area contributed by atoms with Gasteiger partial charge in [0, 0.05) is 36.8 Å². The monoisotopic (exact) mass is 524 g/mol. The number of hydrogen-bond acceptors (Lipinski definition) is 9. The molecule has 0 amide bonds. The zero-order chi connectivity index (χ0) is 27.7. The van der Waals surface area contributed by atoms with Crippen molar-refractivity contribution in [3.05, 3.63) is 81.0 Å². The summed E-state index contributed by atoms with van der Waals surface area (Å²) in [5.41, 5.74) is 2.38. The summed E-state index contributed by atoms with van der Waals surface area (Å²) in [5, 5.41) is 20.4. The molecule has 0 fully saturated rings. The lowest BCUT2D eigenvalue weighted by atomic mass is 9.75. The number of hydrogen-bond donors (Lipinski definition) is 1. The van der Waals surface area contributed by atoms with Gasteiger partial charge in [0.1, 0.15) is 11.7 Å². The standard InChI is InChI=1S/C28H32N2O8/c1-4-23-26(28(33)38-16-6-15-37-22-11-9-19(10-12-22)13-14-31)25(24(18(2)29-23)27(32)36-3)20-7-5-8-21(17-20)30(34)35/h5,7-12,17,24-25,31H,4,6,13-16H2,1-3H3.